The lowest BCUT2D eigenvalue weighted by Gasteiger charge is -2.26. The Balaban J connectivity index is 1.53. The minimum atomic E-state index is 0.778. The number of rotatable bonds is 2. The summed E-state index contributed by atoms with van der Waals surface area (Å²) in [6.45, 7) is 5.82. The number of nitrogens with one attached hydrogen (secondary N) is 1. The van der Waals surface area contributed by atoms with Crippen molar-refractivity contribution in [2.45, 2.75) is 37.8 Å². The normalized spacial score (nSPS) is 42.0. The number of hydrogen-bond donors (Lipinski definition) is 1. The molecule has 0 aromatic heterocycles. The van der Waals surface area contributed by atoms with Gasteiger partial charge in [-0.3, -0.25) is 0 Å². The third-order valence-corrected chi connectivity index (χ3v) is 4.15. The molecule has 3 fully saturated rings. The van der Waals surface area contributed by atoms with E-state index in [2.05, 4.69) is 10.2 Å². The van der Waals surface area contributed by atoms with Gasteiger partial charge in [0, 0.05) is 31.8 Å². The number of hydrogen-bond acceptors (Lipinski definition) is 3. The summed E-state index contributed by atoms with van der Waals surface area (Å²) < 4.78 is 5.45. The lowest BCUT2D eigenvalue weighted by molar-refractivity contribution is 0.164. The summed E-state index contributed by atoms with van der Waals surface area (Å²) in [6, 6.07) is 1.60. The van der Waals surface area contributed by atoms with E-state index in [0.717, 1.165) is 31.2 Å². The van der Waals surface area contributed by atoms with Crippen LogP contribution in [-0.4, -0.2) is 49.8 Å². The van der Waals surface area contributed by atoms with E-state index in [9.17, 15) is 0 Å². The highest BCUT2D eigenvalue weighted by molar-refractivity contribution is 4.90. The summed E-state index contributed by atoms with van der Waals surface area (Å²) in [5, 5.41) is 3.73. The van der Waals surface area contributed by atoms with Crippen LogP contribution >= 0.6 is 0 Å². The first-order chi connectivity index (χ1) is 7.40. The molecule has 15 heavy (non-hydrogen) atoms. The van der Waals surface area contributed by atoms with Crippen LogP contribution in [0.2, 0.25) is 0 Å². The highest BCUT2D eigenvalue weighted by atomic mass is 16.5. The fraction of sp³-hybridized carbons (Fsp3) is 1.00. The molecule has 0 aromatic rings. The van der Waals surface area contributed by atoms with E-state index in [-0.39, 0.29) is 0 Å². The molecular weight excluding hydrogens is 188 g/mol. The molecule has 3 aliphatic heterocycles. The summed E-state index contributed by atoms with van der Waals surface area (Å²) in [5.74, 6) is 0.807. The van der Waals surface area contributed by atoms with E-state index in [1.807, 2.05) is 0 Å². The molecule has 86 valence electrons. The lowest BCUT2D eigenvalue weighted by Crippen LogP contribution is -2.38. The van der Waals surface area contributed by atoms with Gasteiger partial charge in [-0.15, -0.1) is 0 Å². The van der Waals surface area contributed by atoms with Gasteiger partial charge in [-0.05, 0) is 38.1 Å². The average molecular weight is 210 g/mol. The van der Waals surface area contributed by atoms with Crippen LogP contribution in [0.4, 0.5) is 0 Å². The largest absolute Gasteiger partial charge is 0.381 e. The fourth-order valence-corrected chi connectivity index (χ4v) is 3.27. The van der Waals surface area contributed by atoms with Crippen molar-refractivity contribution in [3.05, 3.63) is 0 Å². The lowest BCUT2D eigenvalue weighted by atomic mass is 10.1. The van der Waals surface area contributed by atoms with Gasteiger partial charge in [0.2, 0.25) is 0 Å². The molecule has 0 aliphatic carbocycles. The second-order valence-electron chi connectivity index (χ2n) is 5.42. The Morgan fingerprint density at radius 3 is 2.93 bits per heavy atom. The van der Waals surface area contributed by atoms with E-state index in [1.165, 1.54) is 45.3 Å². The maximum atomic E-state index is 5.45. The summed E-state index contributed by atoms with van der Waals surface area (Å²) >= 11 is 0. The third kappa shape index (κ3) is 2.35. The molecule has 0 saturated carbocycles. The van der Waals surface area contributed by atoms with E-state index in [4.69, 9.17) is 4.74 Å². The minimum Gasteiger partial charge on any atom is -0.381 e. The molecule has 0 spiro atoms. The molecule has 3 atom stereocenters. The number of nitrogens with zero attached hydrogens (tertiary/aromatic N) is 1. The van der Waals surface area contributed by atoms with E-state index < -0.39 is 0 Å². The Morgan fingerprint density at radius 2 is 2.07 bits per heavy atom. The fourth-order valence-electron chi connectivity index (χ4n) is 3.27. The topological polar surface area (TPSA) is 24.5 Å². The van der Waals surface area contributed by atoms with Crippen molar-refractivity contribution in [3.8, 4) is 0 Å². The second kappa shape index (κ2) is 4.40. The predicted octanol–water partition coefficient (Wildman–Crippen LogP) is 0.849. The first-order valence-corrected chi connectivity index (χ1v) is 6.46. The monoisotopic (exact) mass is 210 g/mol. The van der Waals surface area contributed by atoms with Crippen molar-refractivity contribution in [3.63, 3.8) is 0 Å². The van der Waals surface area contributed by atoms with Crippen molar-refractivity contribution < 1.29 is 4.74 Å². The zero-order valence-corrected chi connectivity index (χ0v) is 9.45. The molecule has 2 bridgehead atoms. The zero-order valence-electron chi connectivity index (χ0n) is 9.45. The van der Waals surface area contributed by atoms with Gasteiger partial charge >= 0.3 is 0 Å². The molecule has 0 amide bonds. The Labute approximate surface area is 92.2 Å². The quantitative estimate of drug-likeness (QED) is 0.731. The van der Waals surface area contributed by atoms with Gasteiger partial charge in [-0.2, -0.15) is 0 Å². The first kappa shape index (κ1) is 10.1. The molecule has 1 N–H and O–H groups in total. The van der Waals surface area contributed by atoms with Crippen molar-refractivity contribution in [2.75, 3.05) is 32.8 Å². The Bertz CT molecular complexity index is 216. The molecular formula is C12H22N2O. The molecule has 0 aromatic carbocycles. The van der Waals surface area contributed by atoms with Crippen LogP contribution in [0.1, 0.15) is 25.7 Å². The van der Waals surface area contributed by atoms with Crippen molar-refractivity contribution in [1.82, 2.24) is 10.2 Å². The van der Waals surface area contributed by atoms with Crippen LogP contribution < -0.4 is 5.32 Å². The van der Waals surface area contributed by atoms with E-state index in [0.29, 0.717) is 0 Å². The molecule has 3 saturated heterocycles. The van der Waals surface area contributed by atoms with Crippen LogP contribution in [-0.2, 0) is 4.74 Å². The van der Waals surface area contributed by atoms with Crippen LogP contribution in [0.5, 0.6) is 0 Å². The average Bonchev–Trinajstić information content (AvgIpc) is 2.80. The maximum Gasteiger partial charge on any atom is 0.0507 e. The van der Waals surface area contributed by atoms with Gasteiger partial charge in [0.15, 0.2) is 0 Å². The van der Waals surface area contributed by atoms with Gasteiger partial charge in [-0.1, -0.05) is 0 Å². The summed E-state index contributed by atoms with van der Waals surface area (Å²) in [5.41, 5.74) is 0. The van der Waals surface area contributed by atoms with E-state index in [1.54, 1.807) is 0 Å². The number of fused-ring (bicyclic) bond motifs is 2. The summed E-state index contributed by atoms with van der Waals surface area (Å²) in [6.07, 6.45) is 5.43. The van der Waals surface area contributed by atoms with Crippen molar-refractivity contribution in [1.29, 1.82) is 0 Å². The van der Waals surface area contributed by atoms with Gasteiger partial charge in [-0.25, -0.2) is 0 Å². The zero-order chi connectivity index (χ0) is 10.1. The smallest absolute Gasteiger partial charge is 0.0507 e. The molecule has 0 unspecified atom stereocenters. The van der Waals surface area contributed by atoms with Crippen LogP contribution in [0.25, 0.3) is 0 Å². The third-order valence-electron chi connectivity index (χ3n) is 4.15. The number of ether oxygens (including phenoxy) is 1. The summed E-state index contributed by atoms with van der Waals surface area (Å²) in [7, 11) is 0. The van der Waals surface area contributed by atoms with Gasteiger partial charge in [0.1, 0.15) is 0 Å². The number of likely N-dealkylation sites (tertiary alicyclic amines) is 1. The molecule has 3 aliphatic rings. The second-order valence-corrected chi connectivity index (χ2v) is 5.42. The van der Waals surface area contributed by atoms with Gasteiger partial charge in [0.25, 0.3) is 0 Å². The first-order valence-electron chi connectivity index (χ1n) is 6.46. The highest BCUT2D eigenvalue weighted by Crippen LogP contribution is 2.22. The van der Waals surface area contributed by atoms with Crippen LogP contribution in [0.15, 0.2) is 0 Å². The van der Waals surface area contributed by atoms with Gasteiger partial charge < -0.3 is 15.0 Å². The molecule has 3 heteroatoms. The molecule has 0 radical (unpaired) electrons. The Hall–Kier alpha value is -0.120. The highest BCUT2D eigenvalue weighted by Gasteiger charge is 2.30. The Kier molecular flexibility index (Phi) is 2.95. The Morgan fingerprint density at radius 1 is 1.13 bits per heavy atom. The molecule has 3 rings (SSSR count). The SMILES string of the molecule is C1C[C@@H](CN2CC[C@H]3CC[C@@H](C2)N3)CO1. The van der Waals surface area contributed by atoms with Crippen LogP contribution in [0.3, 0.4) is 0 Å². The predicted molar refractivity (Wildman–Crippen MR) is 59.9 cm³/mol. The standard InChI is InChI=1S/C12H22N2O/c1-2-12-8-14(5-3-11(1)13-12)7-10-4-6-15-9-10/h10-13H,1-9H2/t10-,11+,12-/m0/s1. The minimum absolute atomic E-state index is 0.778. The van der Waals surface area contributed by atoms with Gasteiger partial charge in [0.05, 0.1) is 6.61 Å². The molecule has 3 heterocycles. The van der Waals surface area contributed by atoms with Crippen molar-refractivity contribution >= 4 is 0 Å². The van der Waals surface area contributed by atoms with Crippen molar-refractivity contribution in [2.24, 2.45) is 5.92 Å². The van der Waals surface area contributed by atoms with E-state index >= 15 is 0 Å². The molecule has 3 nitrogen and oxygen atoms in total. The summed E-state index contributed by atoms with van der Waals surface area (Å²) in [4.78, 5) is 2.66. The van der Waals surface area contributed by atoms with Crippen LogP contribution in [0, 0.1) is 5.92 Å². The maximum absolute atomic E-state index is 5.45.